The summed E-state index contributed by atoms with van der Waals surface area (Å²) in [5.74, 6) is -0.959. The van der Waals surface area contributed by atoms with Crippen LogP contribution in [0, 0.1) is 5.92 Å². The number of hydrogen-bond acceptors (Lipinski definition) is 3. The van der Waals surface area contributed by atoms with Gasteiger partial charge in [-0.05, 0) is 32.6 Å². The summed E-state index contributed by atoms with van der Waals surface area (Å²) in [4.78, 5) is 11.4. The van der Waals surface area contributed by atoms with E-state index in [0.29, 0.717) is 0 Å². The normalized spacial score (nSPS) is 20.5. The van der Waals surface area contributed by atoms with Gasteiger partial charge >= 0.3 is 5.97 Å². The van der Waals surface area contributed by atoms with Crippen LogP contribution in [-0.2, 0) is 14.3 Å². The molecule has 24 heavy (non-hydrogen) atoms. The summed E-state index contributed by atoms with van der Waals surface area (Å²) in [6.07, 6.45) is 15.6. The Bertz CT molecular complexity index is 328. The smallest absolute Gasteiger partial charge is 0.309 e. The highest BCUT2D eigenvalue weighted by Crippen LogP contribution is 2.36. The number of rotatable bonds is 13. The van der Waals surface area contributed by atoms with Crippen molar-refractivity contribution in [3.8, 4) is 0 Å². The molecule has 0 saturated carbocycles. The molecule has 0 bridgehead atoms. The second-order valence-corrected chi connectivity index (χ2v) is 6.55. The fraction of sp³-hybridized carbons (Fsp3) is 0.850. The molecule has 1 saturated heterocycles. The molecule has 0 aliphatic carbocycles. The molecule has 0 aromatic carbocycles. The number of carboxylic acid groups (broad SMARTS) is 1. The van der Waals surface area contributed by atoms with Crippen LogP contribution < -0.4 is 0 Å². The quantitative estimate of drug-likeness (QED) is 0.283. The van der Waals surface area contributed by atoms with Crippen LogP contribution in [0.1, 0.15) is 78.1 Å². The van der Waals surface area contributed by atoms with Gasteiger partial charge in [-0.1, -0.05) is 57.6 Å². The maximum atomic E-state index is 11.4. The summed E-state index contributed by atoms with van der Waals surface area (Å²) < 4.78 is 9.86. The lowest BCUT2D eigenvalue weighted by molar-refractivity contribution is -0.142. The first-order chi connectivity index (χ1) is 11.6. The Morgan fingerprint density at radius 3 is 2.42 bits per heavy atom. The zero-order valence-corrected chi connectivity index (χ0v) is 16.1. The second kappa shape index (κ2) is 15.6. The standard InChI is InChI=1S/C18H32O3.C2H6O/c1-3-5-7-8-9-10-12-13-15(18(19)20)17-16(21-17)14-11-6-4-2;1-3-2/h3,5,15-17H,4,6-14H2,1-2H3,(H,19,20);1-2H3. The van der Waals surface area contributed by atoms with Gasteiger partial charge in [0, 0.05) is 14.2 Å². The predicted octanol–water partition coefficient (Wildman–Crippen LogP) is 5.21. The largest absolute Gasteiger partial charge is 0.481 e. The third kappa shape index (κ3) is 11.6. The summed E-state index contributed by atoms with van der Waals surface area (Å²) in [6.45, 7) is 4.23. The van der Waals surface area contributed by atoms with Crippen LogP contribution in [0.3, 0.4) is 0 Å². The fourth-order valence-corrected chi connectivity index (χ4v) is 2.91. The molecule has 3 unspecified atom stereocenters. The van der Waals surface area contributed by atoms with Crippen molar-refractivity contribution in [3.63, 3.8) is 0 Å². The molecule has 0 amide bonds. The first kappa shape index (κ1) is 23.1. The number of unbranched alkanes of at least 4 members (excludes halogenated alkanes) is 6. The minimum Gasteiger partial charge on any atom is -0.481 e. The SMILES string of the molecule is CC=CCCCCCCC(C(=O)O)C1OC1CCCCC.COC. The van der Waals surface area contributed by atoms with Crippen LogP contribution in [0.2, 0.25) is 0 Å². The van der Waals surface area contributed by atoms with Crippen LogP contribution in [0.15, 0.2) is 12.2 Å². The maximum Gasteiger partial charge on any atom is 0.309 e. The Balaban J connectivity index is 0.00000163. The summed E-state index contributed by atoms with van der Waals surface area (Å²) in [5.41, 5.74) is 0. The van der Waals surface area contributed by atoms with Crippen LogP contribution in [0.25, 0.3) is 0 Å². The van der Waals surface area contributed by atoms with Crippen LogP contribution >= 0.6 is 0 Å². The van der Waals surface area contributed by atoms with Gasteiger partial charge in [-0.25, -0.2) is 0 Å². The van der Waals surface area contributed by atoms with E-state index in [0.717, 1.165) is 38.5 Å². The summed E-state index contributed by atoms with van der Waals surface area (Å²) in [5, 5.41) is 9.36. The Kier molecular flexibility index (Phi) is 15.1. The summed E-state index contributed by atoms with van der Waals surface area (Å²) in [7, 11) is 3.25. The van der Waals surface area contributed by atoms with Gasteiger partial charge in [-0.2, -0.15) is 0 Å². The molecule has 4 nitrogen and oxygen atoms in total. The van der Waals surface area contributed by atoms with Crippen molar-refractivity contribution < 1.29 is 19.4 Å². The average molecular weight is 343 g/mol. The Hall–Kier alpha value is -0.870. The summed E-state index contributed by atoms with van der Waals surface area (Å²) in [6, 6.07) is 0. The molecule has 0 aromatic rings. The lowest BCUT2D eigenvalue weighted by atomic mass is 9.94. The van der Waals surface area contributed by atoms with E-state index in [1.807, 2.05) is 6.92 Å². The Morgan fingerprint density at radius 2 is 1.83 bits per heavy atom. The zero-order valence-electron chi connectivity index (χ0n) is 16.1. The molecule has 1 aliphatic heterocycles. The topological polar surface area (TPSA) is 59.1 Å². The molecule has 142 valence electrons. The van der Waals surface area contributed by atoms with Gasteiger partial charge in [0.25, 0.3) is 0 Å². The molecular weight excluding hydrogens is 304 g/mol. The van der Waals surface area contributed by atoms with E-state index in [-0.39, 0.29) is 18.1 Å². The highest BCUT2D eigenvalue weighted by molar-refractivity contribution is 5.71. The van der Waals surface area contributed by atoms with Crippen molar-refractivity contribution in [1.82, 2.24) is 0 Å². The van der Waals surface area contributed by atoms with Crippen LogP contribution in [0.4, 0.5) is 0 Å². The van der Waals surface area contributed by atoms with E-state index in [1.165, 1.54) is 25.7 Å². The molecular formula is C20H38O4. The highest BCUT2D eigenvalue weighted by Gasteiger charge is 2.46. The van der Waals surface area contributed by atoms with E-state index in [2.05, 4.69) is 23.8 Å². The van der Waals surface area contributed by atoms with E-state index in [4.69, 9.17) is 4.74 Å². The summed E-state index contributed by atoms with van der Waals surface area (Å²) >= 11 is 0. The number of allylic oxidation sites excluding steroid dienone is 2. The van der Waals surface area contributed by atoms with E-state index < -0.39 is 5.97 Å². The third-order valence-electron chi connectivity index (χ3n) is 4.30. The number of ether oxygens (including phenoxy) is 2. The molecule has 1 aliphatic rings. The minimum absolute atomic E-state index is 0.0117. The van der Waals surface area contributed by atoms with Crippen molar-refractivity contribution in [1.29, 1.82) is 0 Å². The van der Waals surface area contributed by atoms with Gasteiger partial charge in [0.2, 0.25) is 0 Å². The minimum atomic E-state index is -0.674. The van der Waals surface area contributed by atoms with Gasteiger partial charge in [-0.3, -0.25) is 4.79 Å². The van der Waals surface area contributed by atoms with Gasteiger partial charge < -0.3 is 14.6 Å². The first-order valence-electron chi connectivity index (χ1n) is 9.51. The van der Waals surface area contributed by atoms with Gasteiger partial charge in [0.05, 0.1) is 18.1 Å². The number of epoxide rings is 1. The number of carboxylic acids is 1. The first-order valence-corrected chi connectivity index (χ1v) is 9.51. The van der Waals surface area contributed by atoms with Crippen molar-refractivity contribution in [3.05, 3.63) is 12.2 Å². The van der Waals surface area contributed by atoms with E-state index in [9.17, 15) is 9.90 Å². The van der Waals surface area contributed by atoms with Crippen LogP contribution in [-0.4, -0.2) is 37.5 Å². The number of carbonyl (C=O) groups is 1. The number of aliphatic carboxylic acids is 1. The second-order valence-electron chi connectivity index (χ2n) is 6.55. The molecule has 0 radical (unpaired) electrons. The van der Waals surface area contributed by atoms with E-state index >= 15 is 0 Å². The molecule has 1 N–H and O–H groups in total. The van der Waals surface area contributed by atoms with Gasteiger partial charge in [-0.15, -0.1) is 0 Å². The van der Waals surface area contributed by atoms with Crippen molar-refractivity contribution in [2.45, 2.75) is 90.3 Å². The van der Waals surface area contributed by atoms with Gasteiger partial charge in [0.15, 0.2) is 0 Å². The highest BCUT2D eigenvalue weighted by atomic mass is 16.6. The van der Waals surface area contributed by atoms with Gasteiger partial charge in [0.1, 0.15) is 0 Å². The van der Waals surface area contributed by atoms with Crippen molar-refractivity contribution >= 4 is 5.97 Å². The number of methoxy groups -OCH3 is 1. The lowest BCUT2D eigenvalue weighted by Gasteiger charge is -2.09. The average Bonchev–Trinajstić information content (AvgIpc) is 3.30. The third-order valence-corrected chi connectivity index (χ3v) is 4.30. The Labute approximate surface area is 148 Å². The van der Waals surface area contributed by atoms with Crippen molar-refractivity contribution in [2.75, 3.05) is 14.2 Å². The lowest BCUT2D eigenvalue weighted by Crippen LogP contribution is -2.21. The molecule has 4 heteroatoms. The molecule has 0 aromatic heterocycles. The maximum absolute atomic E-state index is 11.4. The fourth-order valence-electron chi connectivity index (χ4n) is 2.91. The molecule has 1 heterocycles. The number of hydrogen-bond donors (Lipinski definition) is 1. The monoisotopic (exact) mass is 342 g/mol. The molecule has 1 rings (SSSR count). The Morgan fingerprint density at radius 1 is 1.17 bits per heavy atom. The predicted molar refractivity (Wildman–Crippen MR) is 99.4 cm³/mol. The molecule has 0 spiro atoms. The van der Waals surface area contributed by atoms with E-state index in [1.54, 1.807) is 14.2 Å². The zero-order chi connectivity index (χ0) is 18.2. The van der Waals surface area contributed by atoms with Crippen LogP contribution in [0.5, 0.6) is 0 Å². The molecule has 3 atom stereocenters. The molecule has 1 fully saturated rings. The van der Waals surface area contributed by atoms with Crippen molar-refractivity contribution in [2.24, 2.45) is 5.92 Å².